The van der Waals surface area contributed by atoms with E-state index >= 15 is 0 Å². The highest BCUT2D eigenvalue weighted by molar-refractivity contribution is 6.03. The lowest BCUT2D eigenvalue weighted by Gasteiger charge is -2.52. The molecule has 106 heavy (non-hydrogen) atoms. The van der Waals surface area contributed by atoms with Crippen LogP contribution in [-0.2, 0) is 76.6 Å². The number of rotatable bonds is 26. The van der Waals surface area contributed by atoms with Crippen LogP contribution >= 0.6 is 0 Å². The van der Waals surface area contributed by atoms with E-state index in [1.54, 1.807) is 23.4 Å². The number of benzene rings is 11. The van der Waals surface area contributed by atoms with Crippen LogP contribution < -0.4 is 4.90 Å². The summed E-state index contributed by atoms with van der Waals surface area (Å²) in [7, 11) is 0. The van der Waals surface area contributed by atoms with Crippen molar-refractivity contribution in [2.45, 2.75) is 107 Å². The number of anilines is 1. The van der Waals surface area contributed by atoms with E-state index in [0.717, 1.165) is 50.1 Å². The molecule has 2 heterocycles. The average molecular weight is 1400 g/mol. The van der Waals surface area contributed by atoms with E-state index in [1.165, 1.54) is 19.1 Å². The van der Waals surface area contributed by atoms with E-state index in [-0.39, 0.29) is 45.4 Å². The number of carbonyl (C=O) groups excluding carboxylic acids is 2. The van der Waals surface area contributed by atoms with Gasteiger partial charge in [-0.25, -0.2) is 14.1 Å². The minimum atomic E-state index is -2.17. The average Bonchev–Trinajstić information content (AvgIpc) is 0.799. The zero-order valence-corrected chi connectivity index (χ0v) is 58.5. The van der Waals surface area contributed by atoms with E-state index in [9.17, 15) is 19.1 Å². The van der Waals surface area contributed by atoms with Gasteiger partial charge in [-0.1, -0.05) is 285 Å². The van der Waals surface area contributed by atoms with Crippen LogP contribution in [0.25, 0.3) is 0 Å². The second-order valence-corrected chi connectivity index (χ2v) is 26.5. The first-order valence-electron chi connectivity index (χ1n) is 35.7. The first kappa shape index (κ1) is 71.3. The number of aromatic nitrogens is 3. The summed E-state index contributed by atoms with van der Waals surface area (Å²) < 4.78 is 57.6. The smallest absolute Gasteiger partial charge is 0.303 e. The number of halogens is 1. The van der Waals surface area contributed by atoms with Gasteiger partial charge in [0.1, 0.15) is 54.3 Å². The highest BCUT2D eigenvalue weighted by Gasteiger charge is 2.62. The molecule has 1 aliphatic carbocycles. The van der Waals surface area contributed by atoms with E-state index in [4.69, 9.17) is 38.5 Å². The van der Waals surface area contributed by atoms with Crippen molar-refractivity contribution >= 4 is 17.6 Å². The Hall–Kier alpha value is -11.7. The van der Waals surface area contributed by atoms with Gasteiger partial charge in [-0.05, 0) is 123 Å². The lowest BCUT2D eigenvalue weighted by atomic mass is 9.74. The summed E-state index contributed by atoms with van der Waals surface area (Å²) in [5.74, 6) is 11.9. The number of nitrogens with zero attached hydrogens (tertiary/aromatic N) is 4. The third-order valence-electron chi connectivity index (χ3n) is 19.5. The van der Waals surface area contributed by atoms with Gasteiger partial charge in [0.25, 0.3) is 0 Å². The molecule has 1 aliphatic heterocycles. The Balaban J connectivity index is 0.817. The SMILES string of the molecule is CC(=O)O[C@@H](CC[C@H]1C(=O)N(c2ccc(C#Cc3ncn(C(c4ccccc4)(c4ccccc4)c4ccccc4)n3)cc2)[C@@H]1c1ccc(C#CC2(O)[C@H](OCc3ccccc3)[C@@H](OCc3ccccc3)[C@H](OCc3ccccc3)[C@@H](OCc3ccccc3)[C@@H]2OCc2ccccc2)cc1)c1ccc(F)cc1. The molecule has 0 radical (unpaired) electrons. The van der Waals surface area contributed by atoms with Gasteiger partial charge in [0.15, 0.2) is 5.60 Å². The number of hydrogen-bond donors (Lipinski definition) is 1. The van der Waals surface area contributed by atoms with Gasteiger partial charge in [-0.2, -0.15) is 0 Å². The monoisotopic (exact) mass is 1400 g/mol. The maximum atomic E-state index is 14.9. The number of amides is 1. The van der Waals surface area contributed by atoms with Crippen molar-refractivity contribution < 1.29 is 47.5 Å². The summed E-state index contributed by atoms with van der Waals surface area (Å²) in [4.78, 5) is 34.1. The van der Waals surface area contributed by atoms with Gasteiger partial charge in [0, 0.05) is 23.7 Å². The molecule has 2 aliphatic rings. The van der Waals surface area contributed by atoms with Crippen LogP contribution in [0.1, 0.15) is 104 Å². The highest BCUT2D eigenvalue weighted by atomic mass is 19.1. The van der Waals surface area contributed by atoms with Crippen molar-refractivity contribution in [1.82, 2.24) is 14.8 Å². The van der Waals surface area contributed by atoms with E-state index < -0.39 is 71.5 Å². The van der Waals surface area contributed by atoms with Crippen LogP contribution in [0.4, 0.5) is 10.1 Å². The van der Waals surface area contributed by atoms with Crippen molar-refractivity contribution in [2.24, 2.45) is 5.92 Å². The fourth-order valence-corrected chi connectivity index (χ4v) is 14.3. The standard InChI is InChI=1S/C92H79FN4O9/c1-66(98)106-82(74-49-51-79(93)52-50-74)56-55-81-84(97(90(81)99)80-53-44-67(45-54-80)46-57-83-94-65-96(95-83)92(76-36-20-7-21-37-76,77-38-22-8-23-39-77)78-40-24-9-25-41-78)75-47-42-68(43-48-75)58-59-91(100)88(104-63-72-32-16-5-17-33-72)86(102-61-70-28-12-3-13-29-70)85(101-60-69-26-10-2-11-27-69)87(103-62-71-30-14-4-15-31-71)89(91)105-64-73-34-18-6-19-35-73/h2-45,47-54,65,81-82,84-89,100H,55-56,60-64H2,1H3/t81-,82+,84-,85-,86-,87+,88+,89-,91?/m1/s1. The Bertz CT molecular complexity index is 4750. The lowest BCUT2D eigenvalue weighted by molar-refractivity contribution is -0.301. The molecular weight excluding hydrogens is 1320 g/mol. The number of carbonyl (C=O) groups is 2. The molecule has 13 nitrogen and oxygen atoms in total. The Morgan fingerprint density at radius 1 is 0.491 bits per heavy atom. The third kappa shape index (κ3) is 16.4. The van der Waals surface area contributed by atoms with Crippen LogP contribution in [0, 0.1) is 35.4 Å². The van der Waals surface area contributed by atoms with Gasteiger partial charge in [-0.15, -0.1) is 5.10 Å². The summed E-state index contributed by atoms with van der Waals surface area (Å²) in [6, 6.07) is 100. The molecule has 1 N–H and O–H groups in total. The van der Waals surface area contributed by atoms with E-state index in [0.29, 0.717) is 34.6 Å². The van der Waals surface area contributed by atoms with Gasteiger partial charge < -0.3 is 38.4 Å². The largest absolute Gasteiger partial charge is 0.458 e. The van der Waals surface area contributed by atoms with E-state index in [1.807, 2.05) is 259 Å². The predicted molar refractivity (Wildman–Crippen MR) is 404 cm³/mol. The van der Waals surface area contributed by atoms with E-state index in [2.05, 4.69) is 60.1 Å². The van der Waals surface area contributed by atoms with Crippen molar-refractivity contribution in [3.63, 3.8) is 0 Å². The molecule has 1 unspecified atom stereocenters. The number of esters is 1. The quantitative estimate of drug-likeness (QED) is 0.0239. The summed E-state index contributed by atoms with van der Waals surface area (Å²) in [6.07, 6.45) is -3.78. The topological polar surface area (TPSA) is 144 Å². The van der Waals surface area contributed by atoms with Crippen molar-refractivity contribution in [3.05, 3.63) is 400 Å². The van der Waals surface area contributed by atoms with Crippen molar-refractivity contribution in [1.29, 1.82) is 0 Å². The summed E-state index contributed by atoms with van der Waals surface area (Å²) >= 11 is 0. The van der Waals surface area contributed by atoms with Gasteiger partial charge in [-0.3, -0.25) is 9.59 Å². The van der Waals surface area contributed by atoms with Gasteiger partial charge in [0.05, 0.1) is 45.0 Å². The molecule has 14 heteroatoms. The second-order valence-electron chi connectivity index (χ2n) is 26.5. The Morgan fingerprint density at radius 2 is 0.887 bits per heavy atom. The minimum absolute atomic E-state index is 0.0755. The molecule has 11 aromatic carbocycles. The Labute approximate surface area is 617 Å². The number of ether oxygens (including phenoxy) is 6. The van der Waals surface area contributed by atoms with Crippen molar-refractivity contribution in [3.8, 4) is 23.7 Å². The molecule has 1 saturated carbocycles. The lowest BCUT2D eigenvalue weighted by Crippen LogP contribution is -2.72. The molecule has 1 amide bonds. The summed E-state index contributed by atoms with van der Waals surface area (Å²) in [5, 5.41) is 19.3. The van der Waals surface area contributed by atoms with Crippen LogP contribution in [0.15, 0.2) is 322 Å². The van der Waals surface area contributed by atoms with Crippen LogP contribution in [-0.4, -0.2) is 67.9 Å². The number of hydrogen-bond acceptors (Lipinski definition) is 11. The molecule has 1 saturated heterocycles. The molecule has 9 atom stereocenters. The van der Waals surface area contributed by atoms with Crippen LogP contribution in [0.3, 0.4) is 0 Å². The molecule has 2 fully saturated rings. The molecule has 1 aromatic heterocycles. The first-order chi connectivity index (χ1) is 52.1. The number of β-lactam (4-membered cyclic amide) rings is 1. The predicted octanol–water partition coefficient (Wildman–Crippen LogP) is 16.5. The Morgan fingerprint density at radius 3 is 1.32 bits per heavy atom. The van der Waals surface area contributed by atoms with Gasteiger partial charge >= 0.3 is 5.97 Å². The zero-order valence-electron chi connectivity index (χ0n) is 58.5. The molecular formula is C92H79FN4O9. The first-order valence-corrected chi connectivity index (χ1v) is 35.7. The number of aliphatic hydroxyl groups is 1. The maximum absolute atomic E-state index is 14.9. The summed E-state index contributed by atoms with van der Waals surface area (Å²) in [5.41, 5.74) is 7.65. The molecule has 0 spiro atoms. The fourth-order valence-electron chi connectivity index (χ4n) is 14.3. The molecule has 12 aromatic rings. The van der Waals surface area contributed by atoms with Crippen molar-refractivity contribution in [2.75, 3.05) is 4.90 Å². The van der Waals surface area contributed by atoms with Crippen LogP contribution in [0.5, 0.6) is 0 Å². The zero-order chi connectivity index (χ0) is 72.5. The molecule has 528 valence electrons. The van der Waals surface area contributed by atoms with Crippen LogP contribution in [0.2, 0.25) is 0 Å². The van der Waals surface area contributed by atoms with Gasteiger partial charge in [0.2, 0.25) is 11.7 Å². The molecule has 14 rings (SSSR count). The third-order valence-corrected chi connectivity index (χ3v) is 19.5. The fraction of sp³-hybridized carbons (Fsp3) is 0.196. The second kappa shape index (κ2) is 33.8. The molecule has 0 bridgehead atoms. The maximum Gasteiger partial charge on any atom is 0.303 e. The normalized spacial score (nSPS) is 19.3. The minimum Gasteiger partial charge on any atom is -0.458 e. The highest BCUT2D eigenvalue weighted by Crippen LogP contribution is 2.48. The Kier molecular flexibility index (Phi) is 22.8. The summed E-state index contributed by atoms with van der Waals surface area (Å²) in [6.45, 7) is 1.94.